The molecule has 1 N–H and O–H groups in total. The monoisotopic (exact) mass is 479 g/mol. The summed E-state index contributed by atoms with van der Waals surface area (Å²) in [4.78, 5) is 24.7. The minimum Gasteiger partial charge on any atom is -0.450 e. The highest BCUT2D eigenvalue weighted by Crippen LogP contribution is 2.35. The largest absolute Gasteiger partial charge is 0.450 e. The van der Waals surface area contributed by atoms with E-state index < -0.39 is 11.6 Å². The van der Waals surface area contributed by atoms with Crippen LogP contribution in [0.5, 0.6) is 5.75 Å². The smallest absolute Gasteiger partial charge is 0.339 e. The first-order valence-electron chi connectivity index (χ1n) is 8.96. The van der Waals surface area contributed by atoms with Crippen LogP contribution in [-0.4, -0.2) is 29.0 Å². The van der Waals surface area contributed by atoms with Crippen LogP contribution >= 0.6 is 22.6 Å². The number of esters is 2. The van der Waals surface area contributed by atoms with Crippen LogP contribution in [-0.2, 0) is 15.1 Å². The third kappa shape index (κ3) is 4.87. The second kappa shape index (κ2) is 8.84. The normalized spacial score (nSPS) is 17.0. The Labute approximate surface area is 172 Å². The number of hydrogen-bond donors (Lipinski definition) is 1. The molecule has 27 heavy (non-hydrogen) atoms. The van der Waals surface area contributed by atoms with Crippen LogP contribution in [0.2, 0.25) is 0 Å². The van der Waals surface area contributed by atoms with Gasteiger partial charge in [0.2, 0.25) is 0 Å². The summed E-state index contributed by atoms with van der Waals surface area (Å²) in [5.74, 6) is -0.418. The van der Waals surface area contributed by atoms with Crippen molar-refractivity contribution in [3.05, 3.63) is 65.7 Å². The first-order chi connectivity index (χ1) is 13.0. The summed E-state index contributed by atoms with van der Waals surface area (Å²) >= 11 is 1.99. The summed E-state index contributed by atoms with van der Waals surface area (Å²) in [6.07, 6.45) is 1.42. The van der Waals surface area contributed by atoms with Crippen molar-refractivity contribution in [2.75, 3.05) is 13.1 Å². The molecule has 1 aliphatic rings. The average molecular weight is 479 g/mol. The SMILES string of the molecule is CC(I)C(=O)Oc1cccc(C(=O)OC2(c3ccccc3)CCNCC2)c1. The number of halogens is 1. The molecule has 142 valence electrons. The molecule has 3 rings (SSSR count). The van der Waals surface area contributed by atoms with E-state index in [-0.39, 0.29) is 9.89 Å². The Kier molecular flexibility index (Phi) is 6.49. The minimum absolute atomic E-state index is 0.269. The second-order valence-electron chi connectivity index (χ2n) is 6.56. The van der Waals surface area contributed by atoms with Gasteiger partial charge in [0.05, 0.1) is 5.56 Å². The molecular weight excluding hydrogens is 457 g/mol. The predicted molar refractivity (Wildman–Crippen MR) is 111 cm³/mol. The van der Waals surface area contributed by atoms with Gasteiger partial charge in [-0.2, -0.15) is 0 Å². The Hall–Kier alpha value is -1.93. The number of piperidine rings is 1. The molecule has 0 saturated carbocycles. The van der Waals surface area contributed by atoms with Crippen LogP contribution in [0.3, 0.4) is 0 Å². The molecule has 2 aromatic carbocycles. The lowest BCUT2D eigenvalue weighted by Gasteiger charge is -2.37. The van der Waals surface area contributed by atoms with Crippen molar-refractivity contribution in [2.45, 2.75) is 29.3 Å². The molecular formula is C21H22INO4. The van der Waals surface area contributed by atoms with Crippen molar-refractivity contribution in [1.82, 2.24) is 5.32 Å². The van der Waals surface area contributed by atoms with Gasteiger partial charge in [-0.15, -0.1) is 0 Å². The van der Waals surface area contributed by atoms with Crippen molar-refractivity contribution < 1.29 is 19.1 Å². The van der Waals surface area contributed by atoms with Crippen LogP contribution in [0.1, 0.15) is 35.7 Å². The summed E-state index contributed by atoms with van der Waals surface area (Å²) in [7, 11) is 0. The molecule has 2 aromatic rings. The summed E-state index contributed by atoms with van der Waals surface area (Å²) in [6.45, 7) is 3.32. The van der Waals surface area contributed by atoms with E-state index in [1.54, 1.807) is 31.2 Å². The summed E-state index contributed by atoms with van der Waals surface area (Å²) < 4.78 is 11.1. The zero-order valence-electron chi connectivity index (χ0n) is 15.1. The van der Waals surface area contributed by atoms with Crippen LogP contribution < -0.4 is 10.1 Å². The number of nitrogens with one attached hydrogen (secondary N) is 1. The molecule has 1 heterocycles. The van der Waals surface area contributed by atoms with E-state index in [9.17, 15) is 9.59 Å². The Bertz CT molecular complexity index is 801. The minimum atomic E-state index is -0.646. The van der Waals surface area contributed by atoms with Gasteiger partial charge in [-0.3, -0.25) is 4.79 Å². The number of ether oxygens (including phenoxy) is 2. The highest BCUT2D eigenvalue weighted by Gasteiger charge is 2.38. The maximum Gasteiger partial charge on any atom is 0.339 e. The molecule has 1 aliphatic heterocycles. The van der Waals surface area contributed by atoms with Crippen molar-refractivity contribution in [1.29, 1.82) is 0 Å². The quantitative estimate of drug-likeness (QED) is 0.306. The van der Waals surface area contributed by atoms with Crippen LogP contribution in [0.25, 0.3) is 0 Å². The molecule has 6 heteroatoms. The molecule has 1 fully saturated rings. The van der Waals surface area contributed by atoms with E-state index in [0.717, 1.165) is 18.7 Å². The molecule has 0 radical (unpaired) electrons. The fourth-order valence-electron chi connectivity index (χ4n) is 3.14. The maximum atomic E-state index is 12.9. The van der Waals surface area contributed by atoms with Crippen molar-refractivity contribution in [2.24, 2.45) is 0 Å². The van der Waals surface area contributed by atoms with E-state index in [0.29, 0.717) is 24.2 Å². The molecule has 1 atom stereocenters. The maximum absolute atomic E-state index is 12.9. The number of carbonyl (C=O) groups is 2. The Balaban J connectivity index is 1.81. The third-order valence-corrected chi connectivity index (χ3v) is 5.12. The van der Waals surface area contributed by atoms with Gasteiger partial charge in [-0.05, 0) is 43.8 Å². The molecule has 5 nitrogen and oxygen atoms in total. The highest BCUT2D eigenvalue weighted by atomic mass is 127. The van der Waals surface area contributed by atoms with Gasteiger partial charge < -0.3 is 14.8 Å². The lowest BCUT2D eigenvalue weighted by Crippen LogP contribution is -2.43. The van der Waals surface area contributed by atoms with E-state index >= 15 is 0 Å². The van der Waals surface area contributed by atoms with Gasteiger partial charge in [-0.25, -0.2) is 4.79 Å². The van der Waals surface area contributed by atoms with Crippen molar-refractivity contribution >= 4 is 34.5 Å². The van der Waals surface area contributed by atoms with E-state index in [4.69, 9.17) is 9.47 Å². The van der Waals surface area contributed by atoms with Crippen LogP contribution in [0, 0.1) is 0 Å². The molecule has 0 spiro atoms. The molecule has 1 saturated heterocycles. The first-order valence-corrected chi connectivity index (χ1v) is 10.2. The van der Waals surface area contributed by atoms with Gasteiger partial charge in [0.15, 0.2) is 0 Å². The van der Waals surface area contributed by atoms with Gasteiger partial charge in [0.25, 0.3) is 0 Å². The van der Waals surface area contributed by atoms with Crippen molar-refractivity contribution in [3.63, 3.8) is 0 Å². The van der Waals surface area contributed by atoms with Crippen LogP contribution in [0.15, 0.2) is 54.6 Å². The topological polar surface area (TPSA) is 64.6 Å². The summed E-state index contributed by atoms with van der Waals surface area (Å²) in [5, 5.41) is 3.31. The van der Waals surface area contributed by atoms with Gasteiger partial charge in [-0.1, -0.05) is 59.0 Å². The van der Waals surface area contributed by atoms with Crippen molar-refractivity contribution in [3.8, 4) is 5.75 Å². The van der Waals surface area contributed by atoms with Gasteiger partial charge in [0, 0.05) is 12.8 Å². The highest BCUT2D eigenvalue weighted by molar-refractivity contribution is 14.1. The second-order valence-corrected chi connectivity index (χ2v) is 8.43. The van der Waals surface area contributed by atoms with Crippen LogP contribution in [0.4, 0.5) is 0 Å². The summed E-state index contributed by atoms with van der Waals surface area (Å²) in [5.41, 5.74) is 0.726. The third-order valence-electron chi connectivity index (χ3n) is 4.61. The Morgan fingerprint density at radius 1 is 1.07 bits per heavy atom. The Morgan fingerprint density at radius 3 is 2.44 bits per heavy atom. The number of benzene rings is 2. The average Bonchev–Trinajstić information content (AvgIpc) is 2.69. The van der Waals surface area contributed by atoms with Gasteiger partial charge >= 0.3 is 11.9 Å². The fraction of sp³-hybridized carbons (Fsp3) is 0.333. The zero-order valence-corrected chi connectivity index (χ0v) is 17.3. The molecule has 0 aliphatic carbocycles. The predicted octanol–water partition coefficient (Wildman–Crippen LogP) is 3.85. The standard InChI is InChI=1S/C21H22INO4/c1-15(22)19(24)26-18-9-5-6-16(14-18)20(25)27-21(10-12-23-13-11-21)17-7-3-2-4-8-17/h2-9,14-15,23H,10-13H2,1H3. The molecule has 0 aromatic heterocycles. The lowest BCUT2D eigenvalue weighted by atomic mass is 9.84. The number of carbonyl (C=O) groups excluding carboxylic acids is 2. The lowest BCUT2D eigenvalue weighted by molar-refractivity contribution is -0.133. The number of hydrogen-bond acceptors (Lipinski definition) is 5. The van der Waals surface area contributed by atoms with Gasteiger partial charge in [0.1, 0.15) is 15.3 Å². The number of alkyl halides is 1. The first kappa shape index (κ1) is 19.8. The molecule has 1 unspecified atom stereocenters. The molecule has 0 amide bonds. The van der Waals surface area contributed by atoms with E-state index in [1.165, 1.54) is 0 Å². The van der Waals surface area contributed by atoms with E-state index in [2.05, 4.69) is 5.32 Å². The Morgan fingerprint density at radius 2 is 1.78 bits per heavy atom. The number of rotatable bonds is 5. The molecule has 0 bridgehead atoms. The van der Waals surface area contributed by atoms with E-state index in [1.807, 2.05) is 52.9 Å². The fourth-order valence-corrected chi connectivity index (χ4v) is 3.27. The summed E-state index contributed by atoms with van der Waals surface area (Å²) in [6, 6.07) is 16.4. The zero-order chi connectivity index (χ0) is 19.3.